The highest BCUT2D eigenvalue weighted by molar-refractivity contribution is 9.10. The van der Waals surface area contributed by atoms with Crippen LogP contribution in [0.25, 0.3) is 0 Å². The van der Waals surface area contributed by atoms with Crippen LogP contribution < -0.4 is 5.32 Å². The van der Waals surface area contributed by atoms with Crippen molar-refractivity contribution in [2.45, 2.75) is 17.1 Å². The van der Waals surface area contributed by atoms with E-state index in [0.717, 1.165) is 11.6 Å². The van der Waals surface area contributed by atoms with E-state index < -0.39 is 17.6 Å². The van der Waals surface area contributed by atoms with Crippen LogP contribution in [0.4, 0.5) is 23.2 Å². The fourth-order valence-corrected chi connectivity index (χ4v) is 3.47. The van der Waals surface area contributed by atoms with E-state index in [1.807, 2.05) is 0 Å². The van der Waals surface area contributed by atoms with Crippen molar-refractivity contribution in [1.82, 2.24) is 9.97 Å². The van der Waals surface area contributed by atoms with Gasteiger partial charge in [0.05, 0.1) is 15.7 Å². The van der Waals surface area contributed by atoms with Crippen molar-refractivity contribution in [3.63, 3.8) is 0 Å². The summed E-state index contributed by atoms with van der Waals surface area (Å²) in [6, 6.07) is 10.6. The van der Waals surface area contributed by atoms with Crippen molar-refractivity contribution in [3.05, 3.63) is 81.8 Å². The normalized spacial score (nSPS) is 11.3. The molecular formula is C19H12BrF4N3OS. The number of hydrogen-bond donors (Lipinski definition) is 1. The van der Waals surface area contributed by atoms with Gasteiger partial charge in [-0.25, -0.2) is 14.4 Å². The number of nitrogens with one attached hydrogen (secondary N) is 1. The van der Waals surface area contributed by atoms with Gasteiger partial charge in [0.1, 0.15) is 11.5 Å². The number of anilines is 1. The number of hydrogen-bond acceptors (Lipinski definition) is 4. The monoisotopic (exact) mass is 485 g/mol. The number of thioether (sulfide) groups is 1. The summed E-state index contributed by atoms with van der Waals surface area (Å²) in [6.07, 6.45) is -3.26. The van der Waals surface area contributed by atoms with Crippen LogP contribution in [-0.4, -0.2) is 15.9 Å². The molecule has 4 nitrogen and oxygen atoms in total. The topological polar surface area (TPSA) is 54.9 Å². The minimum absolute atomic E-state index is 0.0985. The smallest absolute Gasteiger partial charge is 0.320 e. The Kier molecular flexibility index (Phi) is 6.53. The highest BCUT2D eigenvalue weighted by Gasteiger charge is 2.33. The van der Waals surface area contributed by atoms with E-state index in [4.69, 9.17) is 0 Å². The molecule has 0 unspecified atom stereocenters. The SMILES string of the molecule is O=C(Nc1ccccc1C(F)(F)F)c1nc(SCc2ccc(F)cc2)ncc1Br. The number of aromatic nitrogens is 2. The zero-order chi connectivity index (χ0) is 21.0. The highest BCUT2D eigenvalue weighted by Crippen LogP contribution is 2.35. The van der Waals surface area contributed by atoms with Crippen molar-refractivity contribution in [3.8, 4) is 0 Å². The maximum absolute atomic E-state index is 13.1. The van der Waals surface area contributed by atoms with Crippen molar-refractivity contribution < 1.29 is 22.4 Å². The predicted molar refractivity (Wildman–Crippen MR) is 105 cm³/mol. The third-order valence-electron chi connectivity index (χ3n) is 3.70. The van der Waals surface area contributed by atoms with Crippen LogP contribution in [-0.2, 0) is 11.9 Å². The van der Waals surface area contributed by atoms with Crippen LogP contribution in [0, 0.1) is 5.82 Å². The number of rotatable bonds is 5. The van der Waals surface area contributed by atoms with Gasteiger partial charge in [-0.15, -0.1) is 0 Å². The third-order valence-corrected chi connectivity index (χ3v) is 5.21. The fourth-order valence-electron chi connectivity index (χ4n) is 2.33. The van der Waals surface area contributed by atoms with E-state index in [0.29, 0.717) is 5.75 Å². The number of nitrogens with zero attached hydrogens (tertiary/aromatic N) is 2. The molecule has 0 saturated carbocycles. The largest absolute Gasteiger partial charge is 0.418 e. The molecule has 0 aliphatic heterocycles. The van der Waals surface area contributed by atoms with Gasteiger partial charge in [0, 0.05) is 11.9 Å². The first-order valence-corrected chi connectivity index (χ1v) is 9.89. The quantitative estimate of drug-likeness (QED) is 0.276. The molecule has 2 aromatic carbocycles. The highest BCUT2D eigenvalue weighted by atomic mass is 79.9. The first-order valence-electron chi connectivity index (χ1n) is 8.11. The van der Waals surface area contributed by atoms with E-state index in [2.05, 4.69) is 31.2 Å². The van der Waals surface area contributed by atoms with Gasteiger partial charge in [-0.05, 0) is 45.8 Å². The molecule has 1 amide bonds. The molecule has 1 aromatic heterocycles. The van der Waals surface area contributed by atoms with Crippen LogP contribution >= 0.6 is 27.7 Å². The molecule has 3 aromatic rings. The lowest BCUT2D eigenvalue weighted by Crippen LogP contribution is -2.18. The molecule has 1 N–H and O–H groups in total. The second-order valence-electron chi connectivity index (χ2n) is 5.76. The Morgan fingerprint density at radius 3 is 2.48 bits per heavy atom. The van der Waals surface area contributed by atoms with Gasteiger partial charge in [0.2, 0.25) is 0 Å². The van der Waals surface area contributed by atoms with E-state index >= 15 is 0 Å². The number of benzene rings is 2. The first-order chi connectivity index (χ1) is 13.7. The second kappa shape index (κ2) is 8.91. The molecule has 0 radical (unpaired) electrons. The standard InChI is InChI=1S/C19H12BrF4N3OS/c20-14-9-25-18(29-10-11-5-7-12(21)8-6-11)27-16(14)17(28)26-15-4-2-1-3-13(15)19(22,23)24/h1-9H,10H2,(H,26,28). The van der Waals surface area contributed by atoms with Gasteiger partial charge in [0.25, 0.3) is 5.91 Å². The van der Waals surface area contributed by atoms with Crippen LogP contribution in [0.15, 0.2) is 64.4 Å². The number of halogens is 5. The molecule has 29 heavy (non-hydrogen) atoms. The van der Waals surface area contributed by atoms with Crippen LogP contribution in [0.3, 0.4) is 0 Å². The minimum atomic E-state index is -4.61. The maximum atomic E-state index is 13.1. The Hall–Kier alpha value is -2.46. The Morgan fingerprint density at radius 2 is 1.79 bits per heavy atom. The Bertz CT molecular complexity index is 1030. The fraction of sp³-hybridized carbons (Fsp3) is 0.105. The van der Waals surface area contributed by atoms with Gasteiger partial charge < -0.3 is 5.32 Å². The molecule has 0 aliphatic carbocycles. The lowest BCUT2D eigenvalue weighted by Gasteiger charge is -2.13. The van der Waals surface area contributed by atoms with Gasteiger partial charge in [-0.1, -0.05) is 36.0 Å². The Balaban J connectivity index is 1.77. The van der Waals surface area contributed by atoms with Crippen LogP contribution in [0.1, 0.15) is 21.6 Å². The van der Waals surface area contributed by atoms with Gasteiger partial charge in [-0.3, -0.25) is 4.79 Å². The molecule has 1 heterocycles. The molecule has 0 saturated heterocycles. The van der Waals surface area contributed by atoms with Crippen LogP contribution in [0.2, 0.25) is 0 Å². The van der Waals surface area contributed by atoms with Gasteiger partial charge >= 0.3 is 6.18 Å². The van der Waals surface area contributed by atoms with Gasteiger partial charge in [0.15, 0.2) is 5.16 Å². The molecule has 150 valence electrons. The average molecular weight is 486 g/mol. The van der Waals surface area contributed by atoms with E-state index in [-0.39, 0.29) is 26.8 Å². The molecule has 0 atom stereocenters. The molecular weight excluding hydrogens is 474 g/mol. The number of amides is 1. The molecule has 3 rings (SSSR count). The molecule has 0 fully saturated rings. The zero-order valence-corrected chi connectivity index (χ0v) is 16.9. The Labute approximate surface area is 175 Å². The summed E-state index contributed by atoms with van der Waals surface area (Å²) in [7, 11) is 0. The average Bonchev–Trinajstić information content (AvgIpc) is 2.68. The van der Waals surface area contributed by atoms with Gasteiger partial charge in [-0.2, -0.15) is 13.2 Å². The summed E-state index contributed by atoms with van der Waals surface area (Å²) in [5.74, 6) is -0.726. The number of carbonyl (C=O) groups excluding carboxylic acids is 1. The maximum Gasteiger partial charge on any atom is 0.418 e. The number of carbonyl (C=O) groups is 1. The zero-order valence-electron chi connectivity index (χ0n) is 14.5. The van der Waals surface area contributed by atoms with E-state index in [9.17, 15) is 22.4 Å². The number of para-hydroxylation sites is 1. The van der Waals surface area contributed by atoms with Crippen molar-refractivity contribution in [2.24, 2.45) is 0 Å². The summed E-state index contributed by atoms with van der Waals surface area (Å²) in [5, 5.41) is 2.51. The summed E-state index contributed by atoms with van der Waals surface area (Å²) in [5.41, 5.74) is -0.591. The summed E-state index contributed by atoms with van der Waals surface area (Å²) >= 11 is 4.36. The molecule has 0 aliphatic rings. The summed E-state index contributed by atoms with van der Waals surface area (Å²) in [4.78, 5) is 20.7. The summed E-state index contributed by atoms with van der Waals surface area (Å²) in [6.45, 7) is 0. The number of alkyl halides is 3. The predicted octanol–water partition coefficient (Wildman–Crippen LogP) is 5.94. The molecule has 0 spiro atoms. The van der Waals surface area contributed by atoms with E-state index in [1.165, 1.54) is 48.3 Å². The van der Waals surface area contributed by atoms with Crippen LogP contribution in [0.5, 0.6) is 0 Å². The lowest BCUT2D eigenvalue weighted by atomic mass is 10.1. The summed E-state index contributed by atoms with van der Waals surface area (Å²) < 4.78 is 52.6. The third kappa shape index (κ3) is 5.54. The second-order valence-corrected chi connectivity index (χ2v) is 7.56. The molecule has 10 heteroatoms. The minimum Gasteiger partial charge on any atom is -0.320 e. The Morgan fingerprint density at radius 1 is 1.10 bits per heavy atom. The van der Waals surface area contributed by atoms with E-state index in [1.54, 1.807) is 12.1 Å². The van der Waals surface area contributed by atoms with Crippen molar-refractivity contribution >= 4 is 39.3 Å². The van der Waals surface area contributed by atoms with Crippen molar-refractivity contribution in [1.29, 1.82) is 0 Å². The molecule has 0 bridgehead atoms. The van der Waals surface area contributed by atoms with Crippen molar-refractivity contribution in [2.75, 3.05) is 5.32 Å². The first kappa shape index (κ1) is 21.3. The lowest BCUT2D eigenvalue weighted by molar-refractivity contribution is -0.136.